The van der Waals surface area contributed by atoms with E-state index in [1.54, 1.807) is 0 Å². The monoisotopic (exact) mass is 291 g/mol. The van der Waals surface area contributed by atoms with Crippen molar-refractivity contribution in [3.05, 3.63) is 60.2 Å². The molecule has 1 unspecified atom stereocenters. The summed E-state index contributed by atoms with van der Waals surface area (Å²) in [6.45, 7) is 0. The first-order valence-corrected chi connectivity index (χ1v) is 6.71. The second-order valence-electron chi connectivity index (χ2n) is 3.66. The van der Waals surface area contributed by atoms with Crippen LogP contribution in [0, 0.1) is 0 Å². The lowest BCUT2D eigenvalue weighted by Gasteiger charge is -2.18. The lowest BCUT2D eigenvalue weighted by Crippen LogP contribution is -2.09. The molecule has 3 heteroatoms. The third kappa shape index (κ3) is 1.64. The van der Waals surface area contributed by atoms with E-state index in [0.29, 0.717) is 5.37 Å². The van der Waals surface area contributed by atoms with Crippen molar-refractivity contribution in [1.29, 1.82) is 0 Å². The smallest absolute Gasteiger partial charge is 0.116 e. The molecule has 1 aliphatic heterocycles. The van der Waals surface area contributed by atoms with Gasteiger partial charge in [-0.05, 0) is 17.7 Å². The van der Waals surface area contributed by atoms with Crippen molar-refractivity contribution in [2.75, 3.05) is 3.93 Å². The Morgan fingerprint density at radius 2 is 1.62 bits per heavy atom. The fraction of sp³-hybridized carbons (Fsp3) is 0.0769. The van der Waals surface area contributed by atoms with Crippen LogP contribution in [0.3, 0.4) is 0 Å². The highest BCUT2D eigenvalue weighted by Crippen LogP contribution is 2.52. The minimum absolute atomic E-state index is 0.332. The van der Waals surface area contributed by atoms with E-state index >= 15 is 0 Å². The van der Waals surface area contributed by atoms with Crippen molar-refractivity contribution in [2.24, 2.45) is 0 Å². The second-order valence-corrected chi connectivity index (χ2v) is 5.55. The summed E-state index contributed by atoms with van der Waals surface area (Å²) < 4.78 is 2.16. The second kappa shape index (κ2) is 4.15. The van der Waals surface area contributed by atoms with E-state index in [1.807, 2.05) is 11.8 Å². The number of rotatable bonds is 1. The maximum absolute atomic E-state index is 3.65. The number of thioether (sulfide) groups is 1. The number of nitrogens with zero attached hydrogens (tertiary/aromatic N) is 1. The molecular formula is C13H10BrNS. The molecule has 1 atom stereocenters. The Kier molecular flexibility index (Phi) is 2.65. The van der Waals surface area contributed by atoms with Crippen molar-refractivity contribution in [2.45, 2.75) is 10.3 Å². The van der Waals surface area contributed by atoms with Crippen molar-refractivity contribution in [1.82, 2.24) is 0 Å². The van der Waals surface area contributed by atoms with Gasteiger partial charge in [-0.3, -0.25) is 3.93 Å². The third-order valence-electron chi connectivity index (χ3n) is 2.62. The molecule has 0 radical (unpaired) electrons. The zero-order valence-electron chi connectivity index (χ0n) is 8.51. The predicted octanol–water partition coefficient (Wildman–Crippen LogP) is 4.61. The standard InChI is InChI=1S/C13H10BrNS/c14-15-11-8-4-5-9-12(11)16-13(15)10-6-2-1-3-7-10/h1-9,13H. The molecule has 1 nitrogen and oxygen atoms in total. The molecule has 0 fully saturated rings. The normalized spacial score (nSPS) is 18.6. The first-order valence-electron chi connectivity index (χ1n) is 5.12. The van der Waals surface area contributed by atoms with Crippen LogP contribution in [0.1, 0.15) is 10.9 Å². The van der Waals surface area contributed by atoms with Crippen LogP contribution < -0.4 is 3.93 Å². The first kappa shape index (κ1) is 10.2. The molecule has 0 aromatic heterocycles. The molecule has 3 rings (SSSR count). The topological polar surface area (TPSA) is 3.24 Å². The minimum Gasteiger partial charge on any atom is -0.290 e. The molecule has 0 spiro atoms. The molecule has 0 bridgehead atoms. The highest BCUT2D eigenvalue weighted by atomic mass is 79.9. The van der Waals surface area contributed by atoms with E-state index in [1.165, 1.54) is 16.1 Å². The van der Waals surface area contributed by atoms with Crippen molar-refractivity contribution in [3.63, 3.8) is 0 Å². The Bertz CT molecular complexity index is 500. The van der Waals surface area contributed by atoms with Gasteiger partial charge in [0.1, 0.15) is 5.37 Å². The van der Waals surface area contributed by atoms with Crippen LogP contribution in [-0.4, -0.2) is 0 Å². The highest BCUT2D eigenvalue weighted by Gasteiger charge is 2.29. The Hall–Kier alpha value is -0.930. The fourth-order valence-corrected chi connectivity index (χ4v) is 3.94. The highest BCUT2D eigenvalue weighted by molar-refractivity contribution is 9.10. The van der Waals surface area contributed by atoms with E-state index in [0.717, 1.165) is 0 Å². The van der Waals surface area contributed by atoms with E-state index in [9.17, 15) is 0 Å². The van der Waals surface area contributed by atoms with E-state index in [4.69, 9.17) is 0 Å². The van der Waals surface area contributed by atoms with Crippen molar-refractivity contribution >= 4 is 33.6 Å². The lowest BCUT2D eigenvalue weighted by atomic mass is 10.2. The van der Waals surface area contributed by atoms with E-state index in [-0.39, 0.29) is 0 Å². The lowest BCUT2D eigenvalue weighted by molar-refractivity contribution is 1.06. The van der Waals surface area contributed by atoms with Crippen LogP contribution in [0.5, 0.6) is 0 Å². The van der Waals surface area contributed by atoms with Gasteiger partial charge in [0, 0.05) is 4.90 Å². The molecular weight excluding hydrogens is 282 g/mol. The summed E-state index contributed by atoms with van der Waals surface area (Å²) >= 11 is 5.53. The van der Waals surface area contributed by atoms with Gasteiger partial charge in [-0.15, -0.1) is 0 Å². The molecule has 0 saturated heterocycles. The molecule has 1 aliphatic rings. The quantitative estimate of drug-likeness (QED) is 0.706. The molecule has 2 aromatic rings. The number of hydrogen-bond donors (Lipinski definition) is 0. The Morgan fingerprint density at radius 1 is 0.938 bits per heavy atom. The average Bonchev–Trinajstić information content (AvgIpc) is 2.69. The Morgan fingerprint density at radius 3 is 2.38 bits per heavy atom. The molecule has 2 aromatic carbocycles. The van der Waals surface area contributed by atoms with Gasteiger partial charge in [0.25, 0.3) is 0 Å². The molecule has 1 heterocycles. The number of para-hydroxylation sites is 1. The maximum atomic E-state index is 3.65. The van der Waals surface area contributed by atoms with E-state index < -0.39 is 0 Å². The summed E-state index contributed by atoms with van der Waals surface area (Å²) in [6.07, 6.45) is 0. The molecule has 0 N–H and O–H groups in total. The number of hydrogen-bond acceptors (Lipinski definition) is 2. The summed E-state index contributed by atoms with van der Waals surface area (Å²) in [4.78, 5) is 1.33. The first-order chi connectivity index (χ1) is 7.86. The minimum atomic E-state index is 0.332. The zero-order chi connectivity index (χ0) is 11.0. The van der Waals surface area contributed by atoms with Gasteiger partial charge in [-0.2, -0.15) is 0 Å². The summed E-state index contributed by atoms with van der Waals surface area (Å²) in [5, 5.41) is 0.332. The van der Waals surface area contributed by atoms with Crippen LogP contribution in [-0.2, 0) is 0 Å². The molecule has 80 valence electrons. The summed E-state index contributed by atoms with van der Waals surface area (Å²) in [7, 11) is 0. The van der Waals surface area contributed by atoms with Gasteiger partial charge in [0.15, 0.2) is 0 Å². The van der Waals surface area contributed by atoms with Crippen LogP contribution in [0.15, 0.2) is 59.5 Å². The van der Waals surface area contributed by atoms with Gasteiger partial charge < -0.3 is 0 Å². The molecule has 16 heavy (non-hydrogen) atoms. The molecule has 0 aliphatic carbocycles. The predicted molar refractivity (Wildman–Crippen MR) is 72.9 cm³/mol. The van der Waals surface area contributed by atoms with Crippen molar-refractivity contribution < 1.29 is 0 Å². The van der Waals surface area contributed by atoms with Gasteiger partial charge in [-0.25, -0.2) is 0 Å². The number of fused-ring (bicyclic) bond motifs is 1. The van der Waals surface area contributed by atoms with Crippen LogP contribution >= 0.6 is 27.9 Å². The summed E-state index contributed by atoms with van der Waals surface area (Å²) in [5.41, 5.74) is 2.57. The molecule has 0 amide bonds. The van der Waals surface area contributed by atoms with Crippen LogP contribution in [0.25, 0.3) is 0 Å². The average molecular weight is 292 g/mol. The van der Waals surface area contributed by atoms with Gasteiger partial charge in [0.05, 0.1) is 21.8 Å². The number of halogens is 1. The molecule has 0 saturated carbocycles. The zero-order valence-corrected chi connectivity index (χ0v) is 10.9. The fourth-order valence-electron chi connectivity index (χ4n) is 1.84. The SMILES string of the molecule is BrN1c2ccccc2SC1c1ccccc1. The van der Waals surface area contributed by atoms with Gasteiger partial charge in [-0.1, -0.05) is 54.2 Å². The van der Waals surface area contributed by atoms with E-state index in [2.05, 4.69) is 74.7 Å². The van der Waals surface area contributed by atoms with Crippen LogP contribution in [0.2, 0.25) is 0 Å². The van der Waals surface area contributed by atoms with Gasteiger partial charge in [0.2, 0.25) is 0 Å². The summed E-state index contributed by atoms with van der Waals surface area (Å²) in [6, 6.07) is 19.0. The van der Waals surface area contributed by atoms with Gasteiger partial charge >= 0.3 is 0 Å². The summed E-state index contributed by atoms with van der Waals surface area (Å²) in [5.74, 6) is 0. The largest absolute Gasteiger partial charge is 0.290 e. The Labute approximate surface area is 108 Å². The third-order valence-corrected chi connectivity index (χ3v) is 4.99. The van der Waals surface area contributed by atoms with Crippen molar-refractivity contribution in [3.8, 4) is 0 Å². The number of anilines is 1. The Balaban J connectivity index is 1.99. The maximum Gasteiger partial charge on any atom is 0.116 e. The number of benzene rings is 2. The van der Waals surface area contributed by atoms with Crippen LogP contribution in [0.4, 0.5) is 5.69 Å².